The van der Waals surface area contributed by atoms with Gasteiger partial charge in [-0.2, -0.15) is 0 Å². The fraction of sp³-hybridized carbons (Fsp3) is 0.458. The normalized spacial score (nSPS) is 20.9. The van der Waals surface area contributed by atoms with Crippen molar-refractivity contribution in [2.75, 3.05) is 19.6 Å². The molecular weight excluding hydrogens is 369 g/mol. The Labute approximate surface area is 170 Å². The summed E-state index contributed by atoms with van der Waals surface area (Å²) in [5, 5.41) is 9.40. The lowest BCUT2D eigenvalue weighted by atomic mass is 9.76. The Morgan fingerprint density at radius 3 is 2.62 bits per heavy atom. The summed E-state index contributed by atoms with van der Waals surface area (Å²) in [7, 11) is 0. The average Bonchev–Trinajstić information content (AvgIpc) is 3.33. The van der Waals surface area contributed by atoms with E-state index in [1.54, 1.807) is 6.07 Å². The van der Waals surface area contributed by atoms with E-state index in [1.165, 1.54) is 17.2 Å². The van der Waals surface area contributed by atoms with Crippen LogP contribution in [0.1, 0.15) is 35.1 Å². The minimum atomic E-state index is -0.639. The summed E-state index contributed by atoms with van der Waals surface area (Å²) in [6, 6.07) is 11.3. The maximum absolute atomic E-state index is 14.0. The monoisotopic (exact) mass is 395 g/mol. The Bertz CT molecular complexity index is 956. The van der Waals surface area contributed by atoms with Crippen LogP contribution in [0.3, 0.4) is 0 Å². The first kappa shape index (κ1) is 18.6. The zero-order chi connectivity index (χ0) is 20.2. The Hall–Kier alpha value is -2.40. The van der Waals surface area contributed by atoms with Crippen LogP contribution in [0, 0.1) is 23.6 Å². The molecule has 29 heavy (non-hydrogen) atoms. The van der Waals surface area contributed by atoms with Gasteiger partial charge in [-0.05, 0) is 67.5 Å². The predicted molar refractivity (Wildman–Crippen MR) is 107 cm³/mol. The number of aliphatic carboxylic acids is 1. The first-order valence-electron chi connectivity index (χ1n) is 10.3. The van der Waals surface area contributed by atoms with Crippen LogP contribution in [-0.2, 0) is 24.2 Å². The number of rotatable bonds is 6. The minimum absolute atomic E-state index is 0.227. The summed E-state index contributed by atoms with van der Waals surface area (Å²) in [6.45, 7) is 4.76. The van der Waals surface area contributed by atoms with Gasteiger partial charge in [0.15, 0.2) is 0 Å². The van der Waals surface area contributed by atoms with E-state index in [-0.39, 0.29) is 17.8 Å². The number of ether oxygens (including phenoxy) is 1. The highest BCUT2D eigenvalue weighted by atomic mass is 19.1. The van der Waals surface area contributed by atoms with Crippen LogP contribution in [0.15, 0.2) is 36.4 Å². The number of hydrogen-bond donors (Lipinski definition) is 1. The lowest BCUT2D eigenvalue weighted by molar-refractivity contribution is -0.145. The standard InChI is InChI=1S/C24H26FNO3/c1-16-3-2-4-21(25)20(16)12-29-19-6-5-17-10-23(11-18(17)9-19)13-26(14-23)15-24(7-8-24)22(27)28/h2-6,9H,7-8,10-15H2,1H3,(H,27,28). The molecule has 0 bridgehead atoms. The predicted octanol–water partition coefficient (Wildman–Crippen LogP) is 3.98. The third-order valence-electron chi connectivity index (χ3n) is 7.00. The largest absolute Gasteiger partial charge is 0.489 e. The lowest BCUT2D eigenvalue weighted by Gasteiger charge is -2.49. The molecule has 1 spiro atoms. The van der Waals surface area contributed by atoms with Gasteiger partial charge in [0.05, 0.1) is 5.41 Å². The van der Waals surface area contributed by atoms with Gasteiger partial charge < -0.3 is 14.7 Å². The number of carboxylic acids is 1. The van der Waals surface area contributed by atoms with Crippen molar-refractivity contribution < 1.29 is 19.0 Å². The van der Waals surface area contributed by atoms with Crippen molar-refractivity contribution >= 4 is 5.97 Å². The Morgan fingerprint density at radius 1 is 1.17 bits per heavy atom. The smallest absolute Gasteiger partial charge is 0.310 e. The molecule has 0 unspecified atom stereocenters. The van der Waals surface area contributed by atoms with Crippen molar-refractivity contribution in [1.29, 1.82) is 0 Å². The van der Waals surface area contributed by atoms with Crippen LogP contribution in [0.5, 0.6) is 5.75 Å². The molecule has 2 aromatic rings. The molecule has 2 aromatic carbocycles. The molecule has 5 heteroatoms. The summed E-state index contributed by atoms with van der Waals surface area (Å²) in [5.74, 6) is -0.0862. The van der Waals surface area contributed by atoms with Gasteiger partial charge in [0.2, 0.25) is 0 Å². The SMILES string of the molecule is Cc1cccc(F)c1COc1ccc2c(c1)CC1(C2)CN(CC2(C(=O)O)CC2)C1. The van der Waals surface area contributed by atoms with Gasteiger partial charge in [-0.25, -0.2) is 4.39 Å². The highest BCUT2D eigenvalue weighted by molar-refractivity contribution is 5.78. The third-order valence-corrected chi connectivity index (χ3v) is 7.00. The van der Waals surface area contributed by atoms with Crippen molar-refractivity contribution in [3.8, 4) is 5.75 Å². The molecule has 0 amide bonds. The average molecular weight is 395 g/mol. The molecule has 4 nitrogen and oxygen atoms in total. The Balaban J connectivity index is 1.21. The fourth-order valence-electron chi connectivity index (χ4n) is 5.16. The quantitative estimate of drug-likeness (QED) is 0.804. The minimum Gasteiger partial charge on any atom is -0.489 e. The molecule has 1 aliphatic heterocycles. The van der Waals surface area contributed by atoms with Crippen LogP contribution in [0.4, 0.5) is 4.39 Å². The molecule has 0 atom stereocenters. The number of fused-ring (bicyclic) bond motifs is 1. The van der Waals surface area contributed by atoms with E-state index in [0.29, 0.717) is 12.1 Å². The maximum atomic E-state index is 14.0. The zero-order valence-electron chi connectivity index (χ0n) is 16.7. The van der Waals surface area contributed by atoms with E-state index >= 15 is 0 Å². The second kappa shape index (κ2) is 6.56. The van der Waals surface area contributed by atoms with Crippen molar-refractivity contribution in [3.63, 3.8) is 0 Å². The molecule has 1 saturated carbocycles. The number of aryl methyl sites for hydroxylation is 1. The van der Waals surface area contributed by atoms with Crippen molar-refractivity contribution in [2.24, 2.45) is 10.8 Å². The Morgan fingerprint density at radius 2 is 1.93 bits per heavy atom. The summed E-state index contributed by atoms with van der Waals surface area (Å²) >= 11 is 0. The molecule has 0 radical (unpaired) electrons. The first-order chi connectivity index (χ1) is 13.9. The molecule has 1 heterocycles. The van der Waals surface area contributed by atoms with E-state index in [2.05, 4.69) is 17.0 Å². The van der Waals surface area contributed by atoms with Gasteiger partial charge in [-0.15, -0.1) is 0 Å². The summed E-state index contributed by atoms with van der Waals surface area (Å²) < 4.78 is 19.9. The highest BCUT2D eigenvalue weighted by Gasteiger charge is 2.55. The zero-order valence-corrected chi connectivity index (χ0v) is 16.7. The third kappa shape index (κ3) is 3.31. The van der Waals surface area contributed by atoms with Gasteiger partial charge in [0.1, 0.15) is 18.2 Å². The van der Waals surface area contributed by atoms with Crippen molar-refractivity contribution in [1.82, 2.24) is 4.90 Å². The topological polar surface area (TPSA) is 49.8 Å². The van der Waals surface area contributed by atoms with Gasteiger partial charge >= 0.3 is 5.97 Å². The molecule has 2 aliphatic carbocycles. The van der Waals surface area contributed by atoms with Gasteiger partial charge in [0, 0.05) is 30.6 Å². The van der Waals surface area contributed by atoms with Crippen LogP contribution in [0.25, 0.3) is 0 Å². The van der Waals surface area contributed by atoms with Crippen molar-refractivity contribution in [2.45, 2.75) is 39.2 Å². The number of nitrogens with zero attached hydrogens (tertiary/aromatic N) is 1. The van der Waals surface area contributed by atoms with Crippen LogP contribution < -0.4 is 4.74 Å². The molecule has 5 rings (SSSR count). The van der Waals surface area contributed by atoms with E-state index in [0.717, 1.165) is 50.1 Å². The second-order valence-electron chi connectivity index (χ2n) is 9.34. The van der Waals surface area contributed by atoms with Gasteiger partial charge in [0.25, 0.3) is 0 Å². The number of benzene rings is 2. The molecule has 3 aliphatic rings. The van der Waals surface area contributed by atoms with E-state index in [4.69, 9.17) is 4.74 Å². The molecule has 1 saturated heterocycles. The highest BCUT2D eigenvalue weighted by Crippen LogP contribution is 2.51. The molecule has 152 valence electrons. The number of carboxylic acid groups (broad SMARTS) is 1. The second-order valence-corrected chi connectivity index (χ2v) is 9.34. The molecule has 2 fully saturated rings. The van der Waals surface area contributed by atoms with Crippen LogP contribution in [0.2, 0.25) is 0 Å². The number of likely N-dealkylation sites (tertiary alicyclic amines) is 1. The Kier molecular flexibility index (Phi) is 4.21. The van der Waals surface area contributed by atoms with E-state index in [1.807, 2.05) is 19.1 Å². The van der Waals surface area contributed by atoms with Gasteiger partial charge in [-0.1, -0.05) is 18.2 Å². The summed E-state index contributed by atoms with van der Waals surface area (Å²) in [5.41, 5.74) is 3.95. The maximum Gasteiger partial charge on any atom is 0.310 e. The van der Waals surface area contributed by atoms with Crippen LogP contribution >= 0.6 is 0 Å². The first-order valence-corrected chi connectivity index (χ1v) is 10.3. The van der Waals surface area contributed by atoms with E-state index < -0.39 is 11.4 Å². The van der Waals surface area contributed by atoms with Crippen LogP contribution in [-0.4, -0.2) is 35.6 Å². The number of halogens is 1. The summed E-state index contributed by atoms with van der Waals surface area (Å²) in [6.07, 6.45) is 3.68. The fourth-order valence-corrected chi connectivity index (χ4v) is 5.16. The lowest BCUT2D eigenvalue weighted by Crippen LogP contribution is -2.58. The number of hydrogen-bond acceptors (Lipinski definition) is 3. The van der Waals surface area contributed by atoms with E-state index in [9.17, 15) is 14.3 Å². The summed E-state index contributed by atoms with van der Waals surface area (Å²) in [4.78, 5) is 13.7. The van der Waals surface area contributed by atoms with Crippen molar-refractivity contribution in [3.05, 3.63) is 64.5 Å². The molecule has 0 aromatic heterocycles. The molecular formula is C24H26FNO3. The van der Waals surface area contributed by atoms with Gasteiger partial charge in [-0.3, -0.25) is 4.79 Å². The number of carbonyl (C=O) groups is 1. The molecule has 1 N–H and O–H groups in total.